The first kappa shape index (κ1) is 21.7. The minimum absolute atomic E-state index is 0.0119. The predicted molar refractivity (Wildman–Crippen MR) is 123 cm³/mol. The Bertz CT molecular complexity index is 1170. The van der Waals surface area contributed by atoms with Crippen LogP contribution >= 0.6 is 0 Å². The largest absolute Gasteiger partial charge is 0.340 e. The summed E-state index contributed by atoms with van der Waals surface area (Å²) in [5, 5.41) is 3.45. The van der Waals surface area contributed by atoms with Crippen molar-refractivity contribution in [1.82, 2.24) is 19.4 Å². The zero-order chi connectivity index (χ0) is 22.5. The minimum atomic E-state index is -0.116. The number of aromatic nitrogens is 2. The van der Waals surface area contributed by atoms with E-state index >= 15 is 0 Å². The number of hydrogen-bond donors (Lipinski definition) is 1. The van der Waals surface area contributed by atoms with Crippen molar-refractivity contribution in [2.75, 3.05) is 38.0 Å². The van der Waals surface area contributed by atoms with E-state index in [-0.39, 0.29) is 23.8 Å². The summed E-state index contributed by atoms with van der Waals surface area (Å²) in [4.78, 5) is 46.1. The first-order valence-electron chi connectivity index (χ1n) is 10.8. The number of piperazine rings is 1. The van der Waals surface area contributed by atoms with Crippen molar-refractivity contribution in [3.63, 3.8) is 0 Å². The summed E-state index contributed by atoms with van der Waals surface area (Å²) in [6.45, 7) is 4.82. The number of para-hydroxylation sites is 2. The van der Waals surface area contributed by atoms with Gasteiger partial charge in [-0.15, -0.1) is 0 Å². The van der Waals surface area contributed by atoms with Crippen molar-refractivity contribution in [1.29, 1.82) is 0 Å². The minimum Gasteiger partial charge on any atom is -0.340 e. The van der Waals surface area contributed by atoms with E-state index in [1.54, 1.807) is 22.5 Å². The van der Waals surface area contributed by atoms with Gasteiger partial charge in [-0.2, -0.15) is 0 Å². The standard InChI is InChI=1S/C24H27N5O3/c1-18-25-21-10-6-5-9-20(21)24(32)29(18)12-11-23(31)28-15-13-27(14-16-28)17-22(30)26-19-7-3-2-4-8-19/h2-10H,11-17H2,1H3,(H,26,30). The molecule has 1 aliphatic rings. The Morgan fingerprint density at radius 3 is 2.41 bits per heavy atom. The molecular formula is C24H27N5O3. The van der Waals surface area contributed by atoms with Crippen molar-refractivity contribution in [3.05, 3.63) is 70.8 Å². The van der Waals surface area contributed by atoms with E-state index < -0.39 is 0 Å². The third-order valence-electron chi connectivity index (χ3n) is 5.75. The fourth-order valence-electron chi connectivity index (χ4n) is 3.99. The topological polar surface area (TPSA) is 87.5 Å². The second-order valence-electron chi connectivity index (χ2n) is 7.95. The summed E-state index contributed by atoms with van der Waals surface area (Å²) < 4.78 is 1.57. The van der Waals surface area contributed by atoms with E-state index in [0.717, 1.165) is 5.69 Å². The van der Waals surface area contributed by atoms with Gasteiger partial charge in [-0.05, 0) is 31.2 Å². The van der Waals surface area contributed by atoms with Gasteiger partial charge in [-0.25, -0.2) is 4.98 Å². The monoisotopic (exact) mass is 433 g/mol. The maximum absolute atomic E-state index is 12.8. The van der Waals surface area contributed by atoms with E-state index in [2.05, 4.69) is 10.3 Å². The molecule has 8 heteroatoms. The molecule has 4 rings (SSSR count). The highest BCUT2D eigenvalue weighted by Crippen LogP contribution is 2.10. The molecule has 0 unspecified atom stereocenters. The van der Waals surface area contributed by atoms with Gasteiger partial charge in [0.2, 0.25) is 11.8 Å². The third kappa shape index (κ3) is 5.03. The molecule has 1 N–H and O–H groups in total. The normalized spacial score (nSPS) is 14.5. The SMILES string of the molecule is Cc1nc2ccccc2c(=O)n1CCC(=O)N1CCN(CC(=O)Nc2ccccc2)CC1. The second-order valence-corrected chi connectivity index (χ2v) is 7.95. The molecule has 0 saturated carbocycles. The smallest absolute Gasteiger partial charge is 0.261 e. The maximum Gasteiger partial charge on any atom is 0.261 e. The number of rotatable bonds is 6. The number of hydrogen-bond acceptors (Lipinski definition) is 5. The average molecular weight is 434 g/mol. The Labute approximate surface area is 186 Å². The van der Waals surface area contributed by atoms with Gasteiger partial charge in [0, 0.05) is 44.8 Å². The molecule has 1 aliphatic heterocycles. The van der Waals surface area contributed by atoms with Gasteiger partial charge in [0.1, 0.15) is 5.82 Å². The molecule has 8 nitrogen and oxygen atoms in total. The Morgan fingerprint density at radius 1 is 0.969 bits per heavy atom. The molecule has 1 saturated heterocycles. The number of amides is 2. The number of anilines is 1. The molecule has 0 atom stereocenters. The summed E-state index contributed by atoms with van der Waals surface area (Å²) in [6.07, 6.45) is 0.245. The van der Waals surface area contributed by atoms with E-state index in [1.807, 2.05) is 53.4 Å². The predicted octanol–water partition coefficient (Wildman–Crippen LogP) is 1.88. The molecule has 2 heterocycles. The lowest BCUT2D eigenvalue weighted by Crippen LogP contribution is -2.50. The molecule has 0 spiro atoms. The Morgan fingerprint density at radius 2 is 1.66 bits per heavy atom. The summed E-state index contributed by atoms with van der Waals surface area (Å²) in [7, 11) is 0. The average Bonchev–Trinajstić information content (AvgIpc) is 2.80. The van der Waals surface area contributed by atoms with Crippen LogP contribution in [0.25, 0.3) is 10.9 Å². The molecule has 166 valence electrons. The van der Waals surface area contributed by atoms with Crippen molar-refractivity contribution < 1.29 is 9.59 Å². The fraction of sp³-hybridized carbons (Fsp3) is 0.333. The molecule has 1 fully saturated rings. The lowest BCUT2D eigenvalue weighted by Gasteiger charge is -2.34. The highest BCUT2D eigenvalue weighted by molar-refractivity contribution is 5.92. The van der Waals surface area contributed by atoms with E-state index in [0.29, 0.717) is 56.0 Å². The van der Waals surface area contributed by atoms with E-state index in [9.17, 15) is 14.4 Å². The lowest BCUT2D eigenvalue weighted by atomic mass is 10.2. The van der Waals surface area contributed by atoms with Crippen LogP contribution in [0.3, 0.4) is 0 Å². The van der Waals surface area contributed by atoms with Crippen LogP contribution in [-0.2, 0) is 16.1 Å². The highest BCUT2D eigenvalue weighted by Gasteiger charge is 2.22. The van der Waals surface area contributed by atoms with Crippen LogP contribution in [0, 0.1) is 6.92 Å². The number of nitrogens with one attached hydrogen (secondary N) is 1. The molecule has 0 aliphatic carbocycles. The van der Waals surface area contributed by atoms with Crippen LogP contribution in [0.1, 0.15) is 12.2 Å². The lowest BCUT2D eigenvalue weighted by molar-refractivity contribution is -0.133. The molecule has 2 aromatic carbocycles. The van der Waals surface area contributed by atoms with Crippen molar-refractivity contribution >= 4 is 28.4 Å². The van der Waals surface area contributed by atoms with Gasteiger partial charge in [-0.3, -0.25) is 23.9 Å². The van der Waals surface area contributed by atoms with Gasteiger partial charge >= 0.3 is 0 Å². The zero-order valence-corrected chi connectivity index (χ0v) is 18.2. The summed E-state index contributed by atoms with van der Waals surface area (Å²) >= 11 is 0. The Kier molecular flexibility index (Phi) is 6.61. The first-order chi connectivity index (χ1) is 15.5. The zero-order valence-electron chi connectivity index (χ0n) is 18.2. The summed E-state index contributed by atoms with van der Waals surface area (Å²) in [6, 6.07) is 16.6. The van der Waals surface area contributed by atoms with Crippen LogP contribution in [-0.4, -0.2) is 63.9 Å². The Balaban J connectivity index is 1.27. The molecule has 0 bridgehead atoms. The van der Waals surface area contributed by atoms with E-state index in [1.165, 1.54) is 0 Å². The van der Waals surface area contributed by atoms with Gasteiger partial charge in [-0.1, -0.05) is 30.3 Å². The molecule has 1 aromatic heterocycles. The van der Waals surface area contributed by atoms with Crippen LogP contribution in [0.15, 0.2) is 59.4 Å². The number of carbonyl (C=O) groups is 2. The molecule has 0 radical (unpaired) electrons. The van der Waals surface area contributed by atoms with Gasteiger partial charge < -0.3 is 10.2 Å². The van der Waals surface area contributed by atoms with Gasteiger partial charge in [0.15, 0.2) is 0 Å². The van der Waals surface area contributed by atoms with Crippen molar-refractivity contribution in [3.8, 4) is 0 Å². The second kappa shape index (κ2) is 9.74. The number of aryl methyl sites for hydroxylation is 1. The first-order valence-corrected chi connectivity index (χ1v) is 10.8. The summed E-state index contributed by atoms with van der Waals surface area (Å²) in [5.74, 6) is 0.559. The van der Waals surface area contributed by atoms with Gasteiger partial charge in [0.05, 0.1) is 17.4 Å². The number of nitrogens with zero attached hydrogens (tertiary/aromatic N) is 4. The van der Waals surface area contributed by atoms with E-state index in [4.69, 9.17) is 0 Å². The van der Waals surface area contributed by atoms with Crippen molar-refractivity contribution in [2.24, 2.45) is 0 Å². The Hall–Kier alpha value is -3.52. The number of carbonyl (C=O) groups excluding carboxylic acids is 2. The van der Waals surface area contributed by atoms with Crippen LogP contribution < -0.4 is 10.9 Å². The third-order valence-corrected chi connectivity index (χ3v) is 5.75. The van der Waals surface area contributed by atoms with Crippen molar-refractivity contribution in [2.45, 2.75) is 19.9 Å². The molecule has 3 aromatic rings. The molecule has 2 amide bonds. The maximum atomic E-state index is 12.8. The molecule has 32 heavy (non-hydrogen) atoms. The highest BCUT2D eigenvalue weighted by atomic mass is 16.2. The fourth-order valence-corrected chi connectivity index (χ4v) is 3.99. The van der Waals surface area contributed by atoms with Crippen LogP contribution in [0.5, 0.6) is 0 Å². The number of fused-ring (bicyclic) bond motifs is 1. The summed E-state index contributed by atoms with van der Waals surface area (Å²) in [5.41, 5.74) is 1.33. The number of benzene rings is 2. The van der Waals surface area contributed by atoms with Crippen LogP contribution in [0.4, 0.5) is 5.69 Å². The quantitative estimate of drug-likeness (QED) is 0.641. The van der Waals surface area contributed by atoms with Gasteiger partial charge in [0.25, 0.3) is 5.56 Å². The molecular weight excluding hydrogens is 406 g/mol. The van der Waals surface area contributed by atoms with Crippen LogP contribution in [0.2, 0.25) is 0 Å².